The van der Waals surface area contributed by atoms with E-state index in [0.717, 1.165) is 50.4 Å². The van der Waals surface area contributed by atoms with E-state index in [1.54, 1.807) is 0 Å². The third kappa shape index (κ3) is 4.52. The van der Waals surface area contributed by atoms with Gasteiger partial charge in [-0.15, -0.1) is 0 Å². The quantitative estimate of drug-likeness (QED) is 0.187. The fraction of sp³-hybridized carbons (Fsp3) is 0.0213. The van der Waals surface area contributed by atoms with Crippen molar-refractivity contribution in [2.45, 2.75) is 5.41 Å². The SMILES string of the molecule is N#Cc1cccc(-c2ccc3c(c2)Oc2cc(-c4nc(-c5ccccc5)nc(-c5ccccc5)n4)ccc2C32c3ccccc3-c3ccccc32)c1. The van der Waals surface area contributed by atoms with E-state index in [2.05, 4.69) is 91.0 Å². The molecule has 1 spiro atoms. The van der Waals surface area contributed by atoms with Crippen LogP contribution in [0.4, 0.5) is 0 Å². The topological polar surface area (TPSA) is 71.7 Å². The number of hydrogen-bond donors (Lipinski definition) is 0. The predicted octanol–water partition coefficient (Wildman–Crippen LogP) is 10.9. The predicted molar refractivity (Wildman–Crippen MR) is 204 cm³/mol. The van der Waals surface area contributed by atoms with Crippen LogP contribution < -0.4 is 4.74 Å². The maximum absolute atomic E-state index is 9.63. The number of fused-ring (bicyclic) bond motifs is 9. The summed E-state index contributed by atoms with van der Waals surface area (Å²) in [5, 5.41) is 9.63. The Hall–Kier alpha value is -7.16. The summed E-state index contributed by atoms with van der Waals surface area (Å²) in [6.45, 7) is 0. The molecule has 0 fully saturated rings. The number of benzene rings is 7. The molecule has 2 aliphatic rings. The molecule has 10 rings (SSSR count). The monoisotopic (exact) mass is 664 g/mol. The normalized spacial score (nSPS) is 12.9. The highest BCUT2D eigenvalue weighted by atomic mass is 16.5. The average Bonchev–Trinajstić information content (AvgIpc) is 3.51. The van der Waals surface area contributed by atoms with Gasteiger partial charge in [0.05, 0.1) is 17.0 Å². The zero-order valence-electron chi connectivity index (χ0n) is 27.9. The molecule has 0 bridgehead atoms. The van der Waals surface area contributed by atoms with Crippen molar-refractivity contribution in [3.05, 3.63) is 198 Å². The first-order chi connectivity index (χ1) is 25.7. The lowest BCUT2D eigenvalue weighted by atomic mass is 9.66. The number of nitriles is 1. The lowest BCUT2D eigenvalue weighted by molar-refractivity contribution is 0.437. The van der Waals surface area contributed by atoms with Gasteiger partial charge in [-0.05, 0) is 57.6 Å². The minimum absolute atomic E-state index is 0.563. The van der Waals surface area contributed by atoms with Gasteiger partial charge in [-0.2, -0.15) is 5.26 Å². The van der Waals surface area contributed by atoms with E-state index in [1.165, 1.54) is 22.3 Å². The second-order valence-corrected chi connectivity index (χ2v) is 13.1. The first-order valence-electron chi connectivity index (χ1n) is 17.2. The fourth-order valence-corrected chi connectivity index (χ4v) is 7.94. The molecule has 5 heteroatoms. The Kier molecular flexibility index (Phi) is 6.70. The summed E-state index contributed by atoms with van der Waals surface area (Å²) >= 11 is 0. The van der Waals surface area contributed by atoms with E-state index in [9.17, 15) is 5.26 Å². The van der Waals surface area contributed by atoms with Crippen LogP contribution in [0.5, 0.6) is 11.5 Å². The Morgan fingerprint density at radius 3 is 1.44 bits per heavy atom. The van der Waals surface area contributed by atoms with Gasteiger partial charge in [0.25, 0.3) is 0 Å². The molecule has 0 saturated heterocycles. The Bertz CT molecular complexity index is 2630. The maximum atomic E-state index is 9.63. The van der Waals surface area contributed by atoms with Crippen LogP contribution >= 0.6 is 0 Å². The largest absolute Gasteiger partial charge is 0.457 e. The van der Waals surface area contributed by atoms with Crippen molar-refractivity contribution in [3.63, 3.8) is 0 Å². The van der Waals surface area contributed by atoms with Gasteiger partial charge in [0.2, 0.25) is 0 Å². The molecular weight excluding hydrogens is 637 g/mol. The van der Waals surface area contributed by atoms with Crippen LogP contribution in [-0.2, 0) is 5.41 Å². The van der Waals surface area contributed by atoms with Crippen molar-refractivity contribution in [3.8, 4) is 74.0 Å². The van der Waals surface area contributed by atoms with Gasteiger partial charge >= 0.3 is 0 Å². The molecule has 5 nitrogen and oxygen atoms in total. The summed E-state index contributed by atoms with van der Waals surface area (Å²) < 4.78 is 6.97. The summed E-state index contributed by atoms with van der Waals surface area (Å²) in [6.07, 6.45) is 0. The van der Waals surface area contributed by atoms with Gasteiger partial charge in [-0.1, -0.05) is 146 Å². The van der Waals surface area contributed by atoms with Crippen LogP contribution in [0.15, 0.2) is 170 Å². The first-order valence-corrected chi connectivity index (χ1v) is 17.2. The van der Waals surface area contributed by atoms with Crippen molar-refractivity contribution >= 4 is 0 Å². The number of aromatic nitrogens is 3. The van der Waals surface area contributed by atoms with Crippen LogP contribution in [0.3, 0.4) is 0 Å². The van der Waals surface area contributed by atoms with Gasteiger partial charge in [-0.3, -0.25) is 0 Å². The fourth-order valence-electron chi connectivity index (χ4n) is 7.94. The highest BCUT2D eigenvalue weighted by Gasteiger charge is 2.51. The van der Waals surface area contributed by atoms with Crippen molar-refractivity contribution in [2.75, 3.05) is 0 Å². The van der Waals surface area contributed by atoms with Gasteiger partial charge in [0.1, 0.15) is 11.5 Å². The van der Waals surface area contributed by atoms with Crippen LogP contribution in [0, 0.1) is 11.3 Å². The molecule has 7 aromatic carbocycles. The molecule has 1 aliphatic carbocycles. The minimum Gasteiger partial charge on any atom is -0.457 e. The first kappa shape index (κ1) is 29.7. The summed E-state index contributed by atoms with van der Waals surface area (Å²) in [6, 6.07) is 60.2. The molecule has 8 aromatic rings. The zero-order chi connectivity index (χ0) is 34.6. The summed E-state index contributed by atoms with van der Waals surface area (Å²) in [5.41, 5.74) is 11.6. The number of ether oxygens (including phenoxy) is 1. The molecule has 242 valence electrons. The molecule has 0 atom stereocenters. The van der Waals surface area contributed by atoms with Gasteiger partial charge < -0.3 is 4.74 Å². The van der Waals surface area contributed by atoms with Crippen molar-refractivity contribution in [1.82, 2.24) is 15.0 Å². The van der Waals surface area contributed by atoms with Crippen molar-refractivity contribution < 1.29 is 4.74 Å². The molecule has 52 heavy (non-hydrogen) atoms. The second-order valence-electron chi connectivity index (χ2n) is 13.1. The minimum atomic E-state index is -0.620. The third-order valence-corrected chi connectivity index (χ3v) is 10.2. The highest BCUT2D eigenvalue weighted by Crippen LogP contribution is 2.62. The molecule has 1 aromatic heterocycles. The van der Waals surface area contributed by atoms with Gasteiger partial charge in [-0.25, -0.2) is 15.0 Å². The van der Waals surface area contributed by atoms with Gasteiger partial charge in [0, 0.05) is 27.8 Å². The zero-order valence-corrected chi connectivity index (χ0v) is 27.9. The standard InChI is InChI=1S/C47H28N4O/c48-29-30-12-11-17-33(26-30)34-22-24-40-42(27-34)52-43-28-35(23-25-41(43)47(40)38-20-9-7-18-36(38)37-19-8-10-21-39(37)47)46-50-44(31-13-3-1-4-14-31)49-45(51-46)32-15-5-2-6-16-32/h1-28H. The molecular formula is C47H28N4O. The third-order valence-electron chi connectivity index (χ3n) is 10.2. The summed E-state index contributed by atoms with van der Waals surface area (Å²) in [5.74, 6) is 3.28. The molecule has 1 aliphatic heterocycles. The number of nitrogens with zero attached hydrogens (tertiary/aromatic N) is 4. The smallest absolute Gasteiger partial charge is 0.164 e. The molecule has 0 amide bonds. The van der Waals surface area contributed by atoms with Gasteiger partial charge in [0.15, 0.2) is 17.5 Å². The van der Waals surface area contributed by atoms with Crippen molar-refractivity contribution in [2.24, 2.45) is 0 Å². The molecule has 0 N–H and O–H groups in total. The molecule has 2 heterocycles. The van der Waals surface area contributed by atoms with E-state index < -0.39 is 5.41 Å². The Morgan fingerprint density at radius 1 is 0.404 bits per heavy atom. The number of hydrogen-bond acceptors (Lipinski definition) is 5. The molecule has 0 radical (unpaired) electrons. The lowest BCUT2D eigenvalue weighted by Gasteiger charge is -2.39. The highest BCUT2D eigenvalue weighted by molar-refractivity contribution is 5.89. The van der Waals surface area contributed by atoms with Crippen LogP contribution in [0.2, 0.25) is 0 Å². The second kappa shape index (κ2) is 11.7. The van der Waals surface area contributed by atoms with E-state index in [4.69, 9.17) is 19.7 Å². The lowest BCUT2D eigenvalue weighted by Crippen LogP contribution is -2.32. The average molecular weight is 665 g/mol. The summed E-state index contributed by atoms with van der Waals surface area (Å²) in [7, 11) is 0. The van der Waals surface area contributed by atoms with Crippen LogP contribution in [0.25, 0.3) is 56.4 Å². The van der Waals surface area contributed by atoms with E-state index in [-0.39, 0.29) is 0 Å². The van der Waals surface area contributed by atoms with E-state index in [1.807, 2.05) is 84.9 Å². The van der Waals surface area contributed by atoms with Crippen LogP contribution in [-0.4, -0.2) is 15.0 Å². The Morgan fingerprint density at radius 2 is 0.865 bits per heavy atom. The van der Waals surface area contributed by atoms with Crippen molar-refractivity contribution in [1.29, 1.82) is 5.26 Å². The molecule has 0 unspecified atom stereocenters. The number of rotatable bonds is 4. The molecule has 0 saturated carbocycles. The van der Waals surface area contributed by atoms with E-state index >= 15 is 0 Å². The Balaban J connectivity index is 1.21. The van der Waals surface area contributed by atoms with E-state index in [0.29, 0.717) is 23.0 Å². The Labute approximate surface area is 301 Å². The van der Waals surface area contributed by atoms with Crippen LogP contribution in [0.1, 0.15) is 27.8 Å². The maximum Gasteiger partial charge on any atom is 0.164 e. The summed E-state index contributed by atoms with van der Waals surface area (Å²) in [4.78, 5) is 14.9.